The van der Waals surface area contributed by atoms with E-state index in [1.165, 1.54) is 19.3 Å². The van der Waals surface area contributed by atoms with Crippen LogP contribution in [-0.2, 0) is 4.79 Å². The van der Waals surface area contributed by atoms with E-state index in [2.05, 4.69) is 33.5 Å². The predicted molar refractivity (Wildman–Crippen MR) is 135 cm³/mol. The normalized spacial score (nSPS) is 23.2. The van der Waals surface area contributed by atoms with Crippen molar-refractivity contribution in [2.75, 3.05) is 50.3 Å². The molecule has 0 saturated carbocycles. The van der Waals surface area contributed by atoms with E-state index in [1.807, 2.05) is 35.7 Å². The van der Waals surface area contributed by atoms with Crippen LogP contribution in [0.5, 0.6) is 0 Å². The lowest BCUT2D eigenvalue weighted by molar-refractivity contribution is -0.117. The number of anilines is 1. The Balaban J connectivity index is 1.34. The van der Waals surface area contributed by atoms with Crippen molar-refractivity contribution >= 4 is 46.7 Å². The Morgan fingerprint density at radius 3 is 2.77 bits per heavy atom. The van der Waals surface area contributed by atoms with Crippen LogP contribution in [0.3, 0.4) is 0 Å². The summed E-state index contributed by atoms with van der Waals surface area (Å²) in [6.07, 6.45) is 6.71. The third-order valence-electron chi connectivity index (χ3n) is 5.67. The zero-order valence-electron chi connectivity index (χ0n) is 18.3. The summed E-state index contributed by atoms with van der Waals surface area (Å²) >= 11 is 9.83. The van der Waals surface area contributed by atoms with Crippen molar-refractivity contribution < 1.29 is 9.90 Å². The maximum Gasteiger partial charge on any atom is 0.238 e. The van der Waals surface area contributed by atoms with Gasteiger partial charge in [0, 0.05) is 49.2 Å². The Labute approximate surface area is 200 Å². The fourth-order valence-corrected chi connectivity index (χ4v) is 6.75. The van der Waals surface area contributed by atoms with Crippen molar-refractivity contribution in [2.24, 2.45) is 0 Å². The lowest BCUT2D eigenvalue weighted by atomic mass is 10.1. The molecule has 1 fully saturated rings. The molecule has 0 aromatic heterocycles. The van der Waals surface area contributed by atoms with Gasteiger partial charge >= 0.3 is 0 Å². The van der Waals surface area contributed by atoms with Crippen LogP contribution in [0, 0.1) is 0 Å². The first-order chi connectivity index (χ1) is 15.0. The van der Waals surface area contributed by atoms with Crippen LogP contribution in [-0.4, -0.2) is 76.0 Å². The zero-order valence-corrected chi connectivity index (χ0v) is 20.7. The van der Waals surface area contributed by atoms with E-state index < -0.39 is 0 Å². The molecule has 2 heterocycles. The molecule has 172 valence electrons. The summed E-state index contributed by atoms with van der Waals surface area (Å²) in [5.74, 6) is 0.757. The topological polar surface area (TPSA) is 55.8 Å². The molecule has 1 saturated heterocycles. The first-order valence-corrected chi connectivity index (χ1v) is 13.4. The summed E-state index contributed by atoms with van der Waals surface area (Å²) < 4.78 is 0.228. The summed E-state index contributed by atoms with van der Waals surface area (Å²) in [5.41, 5.74) is 0.726. The van der Waals surface area contributed by atoms with Crippen molar-refractivity contribution in [2.45, 2.75) is 42.8 Å². The minimum absolute atomic E-state index is 0.0211. The van der Waals surface area contributed by atoms with E-state index in [0.717, 1.165) is 44.0 Å². The molecule has 5 nitrogen and oxygen atoms in total. The average molecular weight is 484 g/mol. The minimum atomic E-state index is -0.317. The zero-order chi connectivity index (χ0) is 22.1. The highest BCUT2D eigenvalue weighted by molar-refractivity contribution is 8.19. The number of β-amino-alcohol motifs (C(OH)–C–C–N with tert-alkyl or cyclic N) is 1. The van der Waals surface area contributed by atoms with Gasteiger partial charge in [-0.1, -0.05) is 43.5 Å². The smallest absolute Gasteiger partial charge is 0.238 e. The second kappa shape index (κ2) is 12.5. The largest absolute Gasteiger partial charge is 0.391 e. The molecule has 3 rings (SSSR count). The third-order valence-corrected chi connectivity index (χ3v) is 9.12. The Kier molecular flexibility index (Phi) is 10.1. The molecular weight excluding hydrogens is 450 g/mol. The van der Waals surface area contributed by atoms with Gasteiger partial charge in [0.2, 0.25) is 5.91 Å². The van der Waals surface area contributed by atoms with E-state index in [1.54, 1.807) is 12.1 Å². The number of aliphatic hydroxyl groups excluding tert-OH is 1. The Morgan fingerprint density at radius 1 is 1.32 bits per heavy atom. The highest BCUT2D eigenvalue weighted by Gasteiger charge is 2.33. The van der Waals surface area contributed by atoms with E-state index in [4.69, 9.17) is 11.6 Å². The molecule has 2 unspecified atom stereocenters. The standard InChI is InChI=1S/C23H34ClN3O2S2/c1-2-3-8-23(9-5-14-30-23)31-18-21(28)16-26-10-12-27(13-11-26)17-22(29)25-20-7-4-6-19(24)15-20/h4-7,14-15,21,28H,2-3,8-13,16-18H2,1H3,(H,25,29). The molecule has 0 spiro atoms. The van der Waals surface area contributed by atoms with Crippen LogP contribution < -0.4 is 5.32 Å². The van der Waals surface area contributed by atoms with Gasteiger partial charge < -0.3 is 10.4 Å². The first kappa shape index (κ1) is 24.9. The van der Waals surface area contributed by atoms with Gasteiger partial charge in [-0.2, -0.15) is 0 Å². The maximum atomic E-state index is 12.3. The highest BCUT2D eigenvalue weighted by atomic mass is 35.5. The summed E-state index contributed by atoms with van der Waals surface area (Å²) in [5, 5.41) is 16.4. The molecule has 31 heavy (non-hydrogen) atoms. The minimum Gasteiger partial charge on any atom is -0.391 e. The van der Waals surface area contributed by atoms with Gasteiger partial charge in [-0.05, 0) is 36.4 Å². The number of unbranched alkanes of at least 4 members (excludes halogenated alkanes) is 1. The average Bonchev–Trinajstić information content (AvgIpc) is 3.21. The molecule has 8 heteroatoms. The Hall–Kier alpha value is -0.700. The number of hydrogen-bond acceptors (Lipinski definition) is 6. The van der Waals surface area contributed by atoms with Crippen molar-refractivity contribution in [3.63, 3.8) is 0 Å². The molecule has 2 aliphatic rings. The quantitative estimate of drug-likeness (QED) is 0.482. The third kappa shape index (κ3) is 8.30. The molecule has 1 aromatic rings. The summed E-state index contributed by atoms with van der Waals surface area (Å²) in [6, 6.07) is 7.21. The van der Waals surface area contributed by atoms with Crippen LogP contribution in [0.4, 0.5) is 5.69 Å². The number of amides is 1. The summed E-state index contributed by atoms with van der Waals surface area (Å²) in [6.45, 7) is 6.75. The molecule has 0 bridgehead atoms. The Bertz CT molecular complexity index is 733. The number of thioether (sulfide) groups is 2. The number of nitrogens with zero attached hydrogens (tertiary/aromatic N) is 2. The number of piperazine rings is 1. The molecule has 1 aromatic carbocycles. The number of halogens is 1. The Morgan fingerprint density at radius 2 is 2.10 bits per heavy atom. The van der Waals surface area contributed by atoms with Crippen molar-refractivity contribution in [3.05, 3.63) is 40.8 Å². The summed E-state index contributed by atoms with van der Waals surface area (Å²) in [7, 11) is 0. The van der Waals surface area contributed by atoms with Gasteiger partial charge in [0.05, 0.1) is 16.7 Å². The van der Waals surface area contributed by atoms with Gasteiger partial charge in [0.1, 0.15) is 0 Å². The van der Waals surface area contributed by atoms with E-state index in [-0.39, 0.29) is 16.1 Å². The molecule has 0 radical (unpaired) electrons. The lowest BCUT2D eigenvalue weighted by Crippen LogP contribution is -2.50. The second-order valence-corrected chi connectivity index (χ2v) is 11.7. The molecule has 2 atom stereocenters. The number of carbonyl (C=O) groups excluding carboxylic acids is 1. The van der Waals surface area contributed by atoms with Crippen LogP contribution in [0.1, 0.15) is 32.6 Å². The predicted octanol–water partition coefficient (Wildman–Crippen LogP) is 4.53. The van der Waals surface area contributed by atoms with Crippen molar-refractivity contribution in [1.82, 2.24) is 9.80 Å². The van der Waals surface area contributed by atoms with Crippen LogP contribution in [0.2, 0.25) is 5.02 Å². The van der Waals surface area contributed by atoms with Crippen molar-refractivity contribution in [3.8, 4) is 0 Å². The van der Waals surface area contributed by atoms with Gasteiger partial charge in [-0.25, -0.2) is 0 Å². The fourth-order valence-electron chi connectivity index (χ4n) is 3.92. The van der Waals surface area contributed by atoms with E-state index >= 15 is 0 Å². The highest BCUT2D eigenvalue weighted by Crippen LogP contribution is 2.49. The SMILES string of the molecule is CCCCC1(SCC(O)CN2CCN(CC(=O)Nc3cccc(Cl)c3)CC2)CC=CS1. The molecule has 1 amide bonds. The molecule has 2 aliphatic heterocycles. The molecule has 2 N–H and O–H groups in total. The number of allylic oxidation sites excluding steroid dienone is 1. The fraction of sp³-hybridized carbons (Fsp3) is 0.609. The van der Waals surface area contributed by atoms with Crippen LogP contribution in [0.15, 0.2) is 35.7 Å². The number of rotatable bonds is 11. The van der Waals surface area contributed by atoms with E-state index in [0.29, 0.717) is 18.1 Å². The van der Waals surface area contributed by atoms with Gasteiger partial charge in [0.25, 0.3) is 0 Å². The van der Waals surface area contributed by atoms with Crippen LogP contribution in [0.25, 0.3) is 0 Å². The molecular formula is C23H34ClN3O2S2. The summed E-state index contributed by atoms with van der Waals surface area (Å²) in [4.78, 5) is 16.8. The molecule has 0 aliphatic carbocycles. The van der Waals surface area contributed by atoms with Crippen LogP contribution >= 0.6 is 35.1 Å². The number of aliphatic hydroxyl groups is 1. The maximum absolute atomic E-state index is 12.3. The van der Waals surface area contributed by atoms with Gasteiger partial charge in [-0.3, -0.25) is 14.6 Å². The lowest BCUT2D eigenvalue weighted by Gasteiger charge is -2.35. The van der Waals surface area contributed by atoms with Crippen molar-refractivity contribution in [1.29, 1.82) is 0 Å². The first-order valence-electron chi connectivity index (χ1n) is 11.1. The number of nitrogens with one attached hydrogen (secondary N) is 1. The monoisotopic (exact) mass is 483 g/mol. The second-order valence-electron chi connectivity index (χ2n) is 8.31. The number of benzene rings is 1. The number of hydrogen-bond donors (Lipinski definition) is 2. The van der Waals surface area contributed by atoms with Gasteiger partial charge in [-0.15, -0.1) is 23.5 Å². The van der Waals surface area contributed by atoms with Gasteiger partial charge in [0.15, 0.2) is 0 Å². The van der Waals surface area contributed by atoms with E-state index in [9.17, 15) is 9.90 Å². The number of carbonyl (C=O) groups is 1.